The molecule has 0 saturated heterocycles. The summed E-state index contributed by atoms with van der Waals surface area (Å²) in [6.07, 6.45) is 0.867. The number of hydrogen-bond acceptors (Lipinski definition) is 7. The van der Waals surface area contributed by atoms with Gasteiger partial charge in [-0.25, -0.2) is 18.0 Å². The number of aromatic carboxylic acids is 2. The van der Waals surface area contributed by atoms with Gasteiger partial charge >= 0.3 is 11.9 Å². The number of H-pyrrole nitrogens is 1. The number of nitrogen functional groups attached to an aromatic ring is 1. The first kappa shape index (κ1) is 18.0. The normalized spacial score (nSPS) is 11.2. The fourth-order valence-corrected chi connectivity index (χ4v) is 2.91. The first-order valence-electron chi connectivity index (χ1n) is 6.51. The molecule has 1 aromatic carbocycles. The van der Waals surface area contributed by atoms with E-state index in [-0.39, 0.29) is 4.90 Å². The molecule has 2 aromatic rings. The molecule has 0 atom stereocenters. The van der Waals surface area contributed by atoms with E-state index in [1.165, 1.54) is 0 Å². The van der Waals surface area contributed by atoms with Gasteiger partial charge in [0.1, 0.15) is 22.7 Å². The van der Waals surface area contributed by atoms with Crippen LogP contribution in [0.5, 0.6) is 5.75 Å². The Hall–Kier alpha value is -3.34. The minimum Gasteiger partial charge on any atom is -0.507 e. The van der Waals surface area contributed by atoms with Crippen molar-refractivity contribution in [2.24, 2.45) is 0 Å². The van der Waals surface area contributed by atoms with Gasteiger partial charge in [0.05, 0.1) is 4.90 Å². The largest absolute Gasteiger partial charge is 0.507 e. The monoisotopic (exact) mass is 368 g/mol. The van der Waals surface area contributed by atoms with Gasteiger partial charge in [0.2, 0.25) is 0 Å². The van der Waals surface area contributed by atoms with E-state index in [1.807, 2.05) is 4.98 Å². The van der Waals surface area contributed by atoms with E-state index in [0.717, 1.165) is 24.5 Å². The zero-order valence-electron chi connectivity index (χ0n) is 12.6. The van der Waals surface area contributed by atoms with Crippen molar-refractivity contribution in [1.29, 1.82) is 0 Å². The number of carboxylic acid groups (broad SMARTS) is 2. The Balaban J connectivity index is 3.09. The molecule has 11 heteroatoms. The molecule has 0 fully saturated rings. The third-order valence-electron chi connectivity index (χ3n) is 3.34. The zero-order chi connectivity index (χ0) is 19.1. The summed E-state index contributed by atoms with van der Waals surface area (Å²) < 4.78 is 23.4. The predicted molar refractivity (Wildman–Crippen MR) is 85.6 cm³/mol. The van der Waals surface area contributed by atoms with E-state index in [2.05, 4.69) is 0 Å². The molecule has 0 aliphatic carbocycles. The van der Waals surface area contributed by atoms with Crippen LogP contribution in [-0.2, 0) is 9.84 Å². The maximum atomic E-state index is 11.9. The van der Waals surface area contributed by atoms with E-state index in [9.17, 15) is 38.1 Å². The quantitative estimate of drug-likeness (QED) is 0.499. The molecule has 2 rings (SSSR count). The lowest BCUT2D eigenvalue weighted by Gasteiger charge is -2.14. The minimum atomic E-state index is -3.76. The van der Waals surface area contributed by atoms with Crippen LogP contribution in [0.4, 0.5) is 5.82 Å². The molecule has 0 bridgehead atoms. The molecule has 0 radical (unpaired) electrons. The number of sulfone groups is 1. The van der Waals surface area contributed by atoms with E-state index in [4.69, 9.17) is 5.73 Å². The molecular weight excluding hydrogens is 356 g/mol. The van der Waals surface area contributed by atoms with Crippen molar-refractivity contribution >= 4 is 27.6 Å². The van der Waals surface area contributed by atoms with Gasteiger partial charge in [0.25, 0.3) is 5.56 Å². The average Bonchev–Trinajstić information content (AvgIpc) is 2.44. The van der Waals surface area contributed by atoms with Crippen LogP contribution >= 0.6 is 0 Å². The number of rotatable bonds is 4. The summed E-state index contributed by atoms with van der Waals surface area (Å²) in [5.41, 5.74) is 1.35. The molecule has 0 amide bonds. The van der Waals surface area contributed by atoms with Gasteiger partial charge in [-0.3, -0.25) is 4.79 Å². The highest BCUT2D eigenvalue weighted by Crippen LogP contribution is 2.36. The molecule has 25 heavy (non-hydrogen) atoms. The lowest BCUT2D eigenvalue weighted by Crippen LogP contribution is -2.24. The summed E-state index contributed by atoms with van der Waals surface area (Å²) >= 11 is 0. The molecule has 0 aliphatic rings. The van der Waals surface area contributed by atoms with Crippen molar-refractivity contribution in [3.63, 3.8) is 0 Å². The van der Waals surface area contributed by atoms with E-state index >= 15 is 0 Å². The first-order valence-corrected chi connectivity index (χ1v) is 8.40. The van der Waals surface area contributed by atoms with E-state index in [1.54, 1.807) is 0 Å². The smallest absolute Gasteiger partial charge is 0.342 e. The predicted octanol–water partition coefficient (Wildman–Crippen LogP) is 0.130. The van der Waals surface area contributed by atoms with Crippen LogP contribution in [-0.4, -0.2) is 46.9 Å². The van der Waals surface area contributed by atoms with Crippen molar-refractivity contribution in [1.82, 2.24) is 4.98 Å². The van der Waals surface area contributed by atoms with Gasteiger partial charge in [-0.2, -0.15) is 0 Å². The third kappa shape index (κ3) is 3.17. The van der Waals surface area contributed by atoms with Crippen molar-refractivity contribution in [2.45, 2.75) is 4.90 Å². The van der Waals surface area contributed by atoms with Crippen LogP contribution in [0, 0.1) is 0 Å². The summed E-state index contributed by atoms with van der Waals surface area (Å²) in [5.74, 6) is -4.71. The average molecular weight is 368 g/mol. The number of anilines is 1. The number of phenolic OH excluding ortho intramolecular Hbond substituents is 1. The second-order valence-electron chi connectivity index (χ2n) is 5.05. The summed E-state index contributed by atoms with van der Waals surface area (Å²) in [7, 11) is -3.76. The number of benzene rings is 1. The highest BCUT2D eigenvalue weighted by Gasteiger charge is 2.28. The highest BCUT2D eigenvalue weighted by molar-refractivity contribution is 7.90. The lowest BCUT2D eigenvalue weighted by molar-refractivity contribution is 0.0695. The van der Waals surface area contributed by atoms with Crippen LogP contribution < -0.4 is 11.3 Å². The standard InChI is InChI=1S/C14H12N2O8S/c1-25(23,24)5-2-3-7(17)6(4-5)8-9(13(19)20)11(15)16-12(18)10(8)14(21)22/h2-4,17H,1H3,(H,19,20)(H,21,22)(H3,15,16,18). The molecule has 0 saturated carbocycles. The second-order valence-corrected chi connectivity index (χ2v) is 7.07. The Morgan fingerprint density at radius 1 is 1.12 bits per heavy atom. The molecule has 1 aromatic heterocycles. The van der Waals surface area contributed by atoms with Gasteiger partial charge < -0.3 is 26.0 Å². The van der Waals surface area contributed by atoms with Gasteiger partial charge in [-0.05, 0) is 18.2 Å². The minimum absolute atomic E-state index is 0.313. The van der Waals surface area contributed by atoms with Crippen molar-refractivity contribution in [3.05, 3.63) is 39.7 Å². The highest BCUT2D eigenvalue weighted by atomic mass is 32.2. The maximum absolute atomic E-state index is 11.9. The van der Waals surface area contributed by atoms with Crippen LogP contribution in [0.1, 0.15) is 20.7 Å². The molecule has 0 spiro atoms. The topological polar surface area (TPSA) is 188 Å². The summed E-state index contributed by atoms with van der Waals surface area (Å²) in [6.45, 7) is 0. The Morgan fingerprint density at radius 2 is 1.68 bits per heavy atom. The lowest BCUT2D eigenvalue weighted by atomic mass is 9.95. The Labute approximate surface area is 140 Å². The van der Waals surface area contributed by atoms with Crippen LogP contribution in [0.2, 0.25) is 0 Å². The number of aromatic hydroxyl groups is 1. The van der Waals surface area contributed by atoms with Crippen molar-refractivity contribution in [2.75, 3.05) is 12.0 Å². The fraction of sp³-hybridized carbons (Fsp3) is 0.0714. The van der Waals surface area contributed by atoms with E-state index in [0.29, 0.717) is 0 Å². The molecular formula is C14H12N2O8S. The van der Waals surface area contributed by atoms with Crippen LogP contribution in [0.25, 0.3) is 11.1 Å². The number of pyridine rings is 1. The number of aromatic nitrogens is 1. The Morgan fingerprint density at radius 3 is 2.16 bits per heavy atom. The Bertz CT molecular complexity index is 1070. The number of aromatic amines is 1. The number of carboxylic acids is 2. The number of hydrogen-bond donors (Lipinski definition) is 5. The number of nitrogens with one attached hydrogen (secondary N) is 1. The Kier molecular flexibility index (Phi) is 4.28. The van der Waals surface area contributed by atoms with Gasteiger partial charge in [-0.15, -0.1) is 0 Å². The molecule has 6 N–H and O–H groups in total. The maximum Gasteiger partial charge on any atom is 0.342 e. The molecule has 132 valence electrons. The number of nitrogens with two attached hydrogens (primary N) is 1. The van der Waals surface area contributed by atoms with Crippen LogP contribution in [0.15, 0.2) is 27.9 Å². The van der Waals surface area contributed by atoms with Crippen molar-refractivity contribution < 1.29 is 33.3 Å². The van der Waals surface area contributed by atoms with E-state index < -0.39 is 61.2 Å². The molecule has 0 aliphatic heterocycles. The van der Waals surface area contributed by atoms with Gasteiger partial charge in [0, 0.05) is 17.4 Å². The third-order valence-corrected chi connectivity index (χ3v) is 4.45. The molecule has 0 unspecified atom stereocenters. The number of phenols is 1. The summed E-state index contributed by atoms with van der Waals surface area (Å²) in [4.78, 5) is 36.5. The SMILES string of the molecule is CS(=O)(=O)c1ccc(O)c(-c2c(C(=O)O)c(N)[nH]c(=O)c2C(=O)O)c1. The van der Waals surface area contributed by atoms with Crippen molar-refractivity contribution in [3.8, 4) is 16.9 Å². The summed E-state index contributed by atoms with van der Waals surface area (Å²) in [5, 5.41) is 28.6. The second kappa shape index (κ2) is 5.94. The summed E-state index contributed by atoms with van der Waals surface area (Å²) in [6, 6.07) is 2.86. The van der Waals surface area contributed by atoms with Crippen LogP contribution in [0.3, 0.4) is 0 Å². The zero-order valence-corrected chi connectivity index (χ0v) is 13.4. The first-order chi connectivity index (χ1) is 11.4. The van der Waals surface area contributed by atoms with Gasteiger partial charge in [0.15, 0.2) is 9.84 Å². The van der Waals surface area contributed by atoms with Gasteiger partial charge in [-0.1, -0.05) is 0 Å². The number of carbonyl (C=O) groups is 2. The molecule has 10 nitrogen and oxygen atoms in total. The fourth-order valence-electron chi connectivity index (χ4n) is 2.26. The molecule has 1 heterocycles.